The van der Waals surface area contributed by atoms with Gasteiger partial charge in [-0.2, -0.15) is 0 Å². The van der Waals surface area contributed by atoms with Gasteiger partial charge in [-0.25, -0.2) is 0 Å². The van der Waals surface area contributed by atoms with Gasteiger partial charge in [-0.1, -0.05) is 60.3 Å². The number of carbonyl (C=O) groups is 5. The van der Waals surface area contributed by atoms with Gasteiger partial charge in [-0.15, -0.1) is 0 Å². The van der Waals surface area contributed by atoms with Crippen LogP contribution in [0, 0.1) is 11.8 Å². The van der Waals surface area contributed by atoms with Gasteiger partial charge in [0, 0.05) is 26.7 Å². The fraction of sp³-hybridized carbons (Fsp3) is 0.839. The van der Waals surface area contributed by atoms with E-state index in [1.165, 1.54) is 11.8 Å². The Morgan fingerprint density at radius 1 is 0.886 bits per heavy atom. The first-order valence-electron chi connectivity index (χ1n) is 16.3. The lowest BCUT2D eigenvalue weighted by atomic mass is 9.96. The molecule has 7 N–H and O–H groups in total. The van der Waals surface area contributed by atoms with Gasteiger partial charge in [0.15, 0.2) is 0 Å². The minimum atomic E-state index is -1.29. The summed E-state index contributed by atoms with van der Waals surface area (Å²) >= 11 is 0. The highest BCUT2D eigenvalue weighted by atomic mass is 16.3. The van der Waals surface area contributed by atoms with Crippen LogP contribution in [0.5, 0.6) is 0 Å². The highest BCUT2D eigenvalue weighted by Crippen LogP contribution is 2.17. The zero-order valence-corrected chi connectivity index (χ0v) is 28.2. The maximum Gasteiger partial charge on any atom is 0.245 e. The van der Waals surface area contributed by atoms with Crippen LogP contribution in [0.25, 0.3) is 0 Å². The van der Waals surface area contributed by atoms with E-state index in [9.17, 15) is 29.1 Å². The minimum absolute atomic E-state index is 0.0811. The second kappa shape index (κ2) is 19.6. The van der Waals surface area contributed by atoms with Crippen molar-refractivity contribution in [3.05, 3.63) is 0 Å². The molecule has 0 aliphatic carbocycles. The first kappa shape index (κ1) is 39.3. The first-order valence-corrected chi connectivity index (χ1v) is 16.3. The summed E-state index contributed by atoms with van der Waals surface area (Å²) in [6, 6.07) is -4.93. The average molecular weight is 626 g/mol. The number of rotatable bonds is 11. The number of hydrogen-bond acceptors (Lipinski definition) is 8. The molecule has 5 amide bonds. The number of aliphatic hydroxyl groups is 1. The molecule has 13 nitrogen and oxygen atoms in total. The maximum absolute atomic E-state index is 13.9. The van der Waals surface area contributed by atoms with Gasteiger partial charge in [0.1, 0.15) is 24.2 Å². The van der Waals surface area contributed by atoms with Crippen LogP contribution < -0.4 is 27.0 Å². The summed E-state index contributed by atoms with van der Waals surface area (Å²) in [7, 11) is 1.61. The van der Waals surface area contributed by atoms with Crippen LogP contribution in [0.3, 0.4) is 0 Å². The van der Waals surface area contributed by atoms with Crippen molar-refractivity contribution in [2.24, 2.45) is 17.6 Å². The molecule has 1 aliphatic heterocycles. The van der Waals surface area contributed by atoms with Crippen LogP contribution in [0.2, 0.25) is 0 Å². The molecule has 0 unspecified atom stereocenters. The monoisotopic (exact) mass is 625 g/mol. The van der Waals surface area contributed by atoms with Crippen LogP contribution in [0.15, 0.2) is 0 Å². The summed E-state index contributed by atoms with van der Waals surface area (Å²) in [5.74, 6) is -2.85. The smallest absolute Gasteiger partial charge is 0.245 e. The number of aliphatic hydroxyl groups excluding tert-OH is 1. The molecule has 7 atom stereocenters. The van der Waals surface area contributed by atoms with Crippen LogP contribution in [0.4, 0.5) is 0 Å². The number of nitrogens with two attached hydrogens (primary N) is 1. The van der Waals surface area contributed by atoms with E-state index in [1.54, 1.807) is 14.0 Å². The van der Waals surface area contributed by atoms with Crippen LogP contribution in [-0.2, 0) is 24.0 Å². The Kier molecular flexibility index (Phi) is 17.5. The zero-order valence-electron chi connectivity index (χ0n) is 28.2. The number of nitrogens with one attached hydrogen (secondary N) is 4. The number of amides is 5. The topological polar surface area (TPSA) is 186 Å². The van der Waals surface area contributed by atoms with E-state index in [2.05, 4.69) is 28.2 Å². The van der Waals surface area contributed by atoms with Gasteiger partial charge in [0.05, 0.1) is 12.1 Å². The molecule has 0 spiro atoms. The lowest BCUT2D eigenvalue weighted by molar-refractivity contribution is -0.144. The molecule has 1 heterocycles. The Hall–Kier alpha value is -2.77. The van der Waals surface area contributed by atoms with Gasteiger partial charge in [-0.3, -0.25) is 28.9 Å². The summed E-state index contributed by atoms with van der Waals surface area (Å²) in [5, 5.41) is 21.1. The number of nitrogens with zero attached hydrogens (tertiary/aromatic N) is 2. The van der Waals surface area contributed by atoms with E-state index in [1.807, 2.05) is 32.6 Å². The molecule has 1 saturated heterocycles. The molecule has 13 heteroatoms. The SMILES string of the molecule is CCCCCCN1CCNC(=O)[C@H]([C@H](C)O)NC(=O)[C@H](CN)NC(=O)[C@H]([C@H](C)CC)NC(=O)[C@H](CC(C)C)N(C)C(=O)[C@@H]1C. The zero-order chi connectivity index (χ0) is 33.6. The number of carbonyl (C=O) groups excluding carboxylic acids is 5. The summed E-state index contributed by atoms with van der Waals surface area (Å²) in [5.41, 5.74) is 5.84. The summed E-state index contributed by atoms with van der Waals surface area (Å²) in [6.45, 7) is 13.8. The molecule has 44 heavy (non-hydrogen) atoms. The van der Waals surface area contributed by atoms with Crippen molar-refractivity contribution < 1.29 is 29.1 Å². The van der Waals surface area contributed by atoms with Crippen molar-refractivity contribution in [2.75, 3.05) is 33.2 Å². The lowest BCUT2D eigenvalue weighted by Crippen LogP contribution is -2.63. The van der Waals surface area contributed by atoms with Crippen LogP contribution >= 0.6 is 0 Å². The Balaban J connectivity index is 3.56. The molecular formula is C31H59N7O6. The highest BCUT2D eigenvalue weighted by Gasteiger charge is 2.37. The van der Waals surface area contributed by atoms with Crippen molar-refractivity contribution in [1.82, 2.24) is 31.1 Å². The molecule has 0 aromatic heterocycles. The summed E-state index contributed by atoms with van der Waals surface area (Å²) in [6.07, 6.45) is 3.68. The fourth-order valence-corrected chi connectivity index (χ4v) is 5.27. The third-order valence-electron chi connectivity index (χ3n) is 8.44. The third kappa shape index (κ3) is 12.0. The van der Waals surface area contributed by atoms with Crippen molar-refractivity contribution in [3.63, 3.8) is 0 Å². The molecular weight excluding hydrogens is 566 g/mol. The Labute approximate surface area is 263 Å². The molecule has 1 aliphatic rings. The predicted molar refractivity (Wildman–Crippen MR) is 170 cm³/mol. The molecule has 0 saturated carbocycles. The number of unbranched alkanes of at least 4 members (excludes halogenated alkanes) is 3. The van der Waals surface area contributed by atoms with Gasteiger partial charge >= 0.3 is 0 Å². The quantitative estimate of drug-likeness (QED) is 0.175. The standard InChI is InChI=1S/C31H59N7O6/c1-9-11-12-13-15-38-16-14-33-29(42)26(22(7)39)36-27(40)23(18-32)34-30(43)25(20(5)10-2)35-28(41)24(17-19(3)4)37(8)31(44)21(38)6/h19-26,39H,9-18,32H2,1-8H3,(H,33,42)(H,34,43)(H,35,41)(H,36,40)/t20-,21+,22+,23+,24+,25+,26+/m1/s1. The number of likely N-dealkylation sites (N-methyl/N-ethyl adjacent to an activating group) is 1. The van der Waals surface area contributed by atoms with Crippen LogP contribution in [0.1, 0.15) is 87.0 Å². The van der Waals surface area contributed by atoms with Crippen molar-refractivity contribution >= 4 is 29.5 Å². The maximum atomic E-state index is 13.9. The van der Waals surface area contributed by atoms with E-state index >= 15 is 0 Å². The number of hydrogen-bond donors (Lipinski definition) is 6. The van der Waals surface area contributed by atoms with E-state index < -0.39 is 59.9 Å². The Morgan fingerprint density at radius 2 is 1.52 bits per heavy atom. The van der Waals surface area contributed by atoms with Gasteiger partial charge < -0.3 is 37.0 Å². The molecule has 0 bridgehead atoms. The summed E-state index contributed by atoms with van der Waals surface area (Å²) < 4.78 is 0. The highest BCUT2D eigenvalue weighted by molar-refractivity contribution is 5.96. The van der Waals surface area contributed by atoms with E-state index in [-0.39, 0.29) is 30.8 Å². The van der Waals surface area contributed by atoms with Crippen LogP contribution in [-0.4, -0.2) is 114 Å². The van der Waals surface area contributed by atoms with Crippen molar-refractivity contribution in [1.29, 1.82) is 0 Å². The molecule has 254 valence electrons. The minimum Gasteiger partial charge on any atom is -0.391 e. The van der Waals surface area contributed by atoms with E-state index in [0.717, 1.165) is 25.7 Å². The molecule has 0 radical (unpaired) electrons. The molecule has 1 fully saturated rings. The van der Waals surface area contributed by atoms with Gasteiger partial charge in [0.2, 0.25) is 29.5 Å². The molecule has 1 rings (SSSR count). The third-order valence-corrected chi connectivity index (χ3v) is 8.44. The van der Waals surface area contributed by atoms with Crippen molar-refractivity contribution in [2.45, 2.75) is 123 Å². The Bertz CT molecular complexity index is 946. The normalized spacial score (nSPS) is 27.1. The predicted octanol–water partition coefficient (Wildman–Crippen LogP) is 0.100. The largest absolute Gasteiger partial charge is 0.391 e. The Morgan fingerprint density at radius 3 is 2.07 bits per heavy atom. The average Bonchev–Trinajstić information content (AvgIpc) is 2.98. The second-order valence-corrected chi connectivity index (χ2v) is 12.6. The lowest BCUT2D eigenvalue weighted by Gasteiger charge is -2.36. The molecule has 0 aromatic carbocycles. The van der Waals surface area contributed by atoms with E-state index in [0.29, 0.717) is 25.9 Å². The van der Waals surface area contributed by atoms with E-state index in [4.69, 9.17) is 5.73 Å². The summed E-state index contributed by atoms with van der Waals surface area (Å²) in [4.78, 5) is 70.8. The van der Waals surface area contributed by atoms with Crippen molar-refractivity contribution in [3.8, 4) is 0 Å². The van der Waals surface area contributed by atoms with Gasteiger partial charge in [-0.05, 0) is 45.1 Å². The van der Waals surface area contributed by atoms with Gasteiger partial charge in [0.25, 0.3) is 0 Å². The molecule has 0 aromatic rings. The second-order valence-electron chi connectivity index (χ2n) is 12.6. The fourth-order valence-electron chi connectivity index (χ4n) is 5.27. The first-order chi connectivity index (χ1) is 20.7.